The van der Waals surface area contributed by atoms with Crippen LogP contribution in [0.15, 0.2) is 12.2 Å². The second-order valence-electron chi connectivity index (χ2n) is 10.5. The number of nitrogens with two attached hydrogens (primary N) is 1. The number of rotatable bonds is 3. The minimum Gasteiger partial charge on any atom is -0.462 e. The third kappa shape index (κ3) is 9.28. The number of hydrogen-bond acceptors (Lipinski definition) is 7. The summed E-state index contributed by atoms with van der Waals surface area (Å²) in [4.78, 5) is 34.1. The van der Waals surface area contributed by atoms with Crippen molar-refractivity contribution in [2.75, 3.05) is 7.05 Å². The molecule has 0 aromatic heterocycles. The second-order valence-corrected chi connectivity index (χ2v) is 10.5. The Hall–Kier alpha value is -1.89. The summed E-state index contributed by atoms with van der Waals surface area (Å²) in [6, 6.07) is 0. The summed E-state index contributed by atoms with van der Waals surface area (Å²) in [5.74, 6) is -0.795. The minimum absolute atomic E-state index is 0.0159. The highest BCUT2D eigenvalue weighted by atomic mass is 16.6. The number of fused-ring (bicyclic) bond motifs is 1. The lowest BCUT2D eigenvalue weighted by atomic mass is 9.97. The predicted molar refractivity (Wildman–Crippen MR) is 116 cm³/mol. The Morgan fingerprint density at radius 3 is 1.67 bits per heavy atom. The van der Waals surface area contributed by atoms with E-state index in [-0.39, 0.29) is 41.2 Å². The molecular weight excluding hydrogens is 386 g/mol. The van der Waals surface area contributed by atoms with Gasteiger partial charge in [0.15, 0.2) is 0 Å². The van der Waals surface area contributed by atoms with Crippen molar-refractivity contribution in [2.45, 2.75) is 85.5 Å². The van der Waals surface area contributed by atoms with Crippen molar-refractivity contribution in [2.24, 2.45) is 29.4 Å². The third-order valence-electron chi connectivity index (χ3n) is 4.28. The van der Waals surface area contributed by atoms with Crippen LogP contribution in [-0.2, 0) is 28.6 Å². The first-order valence-corrected chi connectivity index (χ1v) is 10.3. The minimum atomic E-state index is -0.507. The maximum Gasteiger partial charge on any atom is 0.310 e. The van der Waals surface area contributed by atoms with E-state index in [1.807, 2.05) is 62.3 Å². The fraction of sp³-hybridized carbons (Fsp3) is 0.783. The molecule has 2 aliphatic carbocycles. The molecule has 4 unspecified atom stereocenters. The van der Waals surface area contributed by atoms with E-state index in [4.69, 9.17) is 9.47 Å². The summed E-state index contributed by atoms with van der Waals surface area (Å²) in [5.41, 5.74) is 4.15. The van der Waals surface area contributed by atoms with Crippen LogP contribution in [0.2, 0.25) is 0 Å². The zero-order valence-electron chi connectivity index (χ0n) is 20.3. The number of ether oxygens (including phenoxy) is 3. The molecule has 0 saturated heterocycles. The van der Waals surface area contributed by atoms with Gasteiger partial charge in [-0.05, 0) is 87.6 Å². The predicted octanol–water partition coefficient (Wildman–Crippen LogP) is 3.64. The van der Waals surface area contributed by atoms with Crippen LogP contribution in [0.3, 0.4) is 0 Å². The number of carbonyl (C=O) groups is 3. The van der Waals surface area contributed by atoms with Gasteiger partial charge >= 0.3 is 11.9 Å². The fourth-order valence-electron chi connectivity index (χ4n) is 3.35. The molecule has 0 spiro atoms. The number of hydrogen-bond donors (Lipinski definition) is 1. The van der Waals surface area contributed by atoms with Crippen LogP contribution in [0.25, 0.3) is 0 Å². The van der Waals surface area contributed by atoms with Gasteiger partial charge < -0.3 is 19.9 Å². The molecule has 0 aliphatic heterocycles. The summed E-state index contributed by atoms with van der Waals surface area (Å²) in [5, 5.41) is 0. The molecule has 4 atom stereocenters. The monoisotopic (exact) mass is 427 g/mol. The Labute approximate surface area is 181 Å². The molecule has 0 aromatic carbocycles. The summed E-state index contributed by atoms with van der Waals surface area (Å²) in [6.07, 6.45) is 0.629. The van der Waals surface area contributed by atoms with Crippen molar-refractivity contribution in [3.05, 3.63) is 12.2 Å². The van der Waals surface area contributed by atoms with Gasteiger partial charge in [0, 0.05) is 0 Å². The van der Waals surface area contributed by atoms with Crippen LogP contribution in [-0.4, -0.2) is 42.3 Å². The van der Waals surface area contributed by atoms with Gasteiger partial charge in [-0.25, -0.2) is 0 Å². The van der Waals surface area contributed by atoms with Crippen LogP contribution < -0.4 is 5.73 Å². The Balaban J connectivity index is 0.000000795. The lowest BCUT2D eigenvalue weighted by Gasteiger charge is -2.24. The molecule has 2 rings (SSSR count). The maximum absolute atomic E-state index is 12.3. The lowest BCUT2D eigenvalue weighted by molar-refractivity contribution is -0.161. The van der Waals surface area contributed by atoms with Crippen LogP contribution in [0, 0.1) is 23.7 Å². The summed E-state index contributed by atoms with van der Waals surface area (Å²) >= 11 is 0. The second kappa shape index (κ2) is 10.4. The van der Waals surface area contributed by atoms with Gasteiger partial charge in [0.05, 0.1) is 11.8 Å². The van der Waals surface area contributed by atoms with E-state index in [2.05, 4.69) is 17.0 Å². The van der Waals surface area contributed by atoms with Gasteiger partial charge in [-0.15, -0.1) is 0 Å². The zero-order chi connectivity index (χ0) is 24.1. The van der Waals surface area contributed by atoms with Crippen molar-refractivity contribution < 1.29 is 28.6 Å². The molecule has 174 valence electrons. The van der Waals surface area contributed by atoms with Crippen LogP contribution >= 0.6 is 0 Å². The van der Waals surface area contributed by atoms with Crippen molar-refractivity contribution in [3.8, 4) is 0 Å². The van der Waals surface area contributed by atoms with Gasteiger partial charge in [0.25, 0.3) is 6.47 Å². The molecule has 7 heteroatoms. The molecule has 2 fully saturated rings. The van der Waals surface area contributed by atoms with Gasteiger partial charge in [-0.1, -0.05) is 12.2 Å². The van der Waals surface area contributed by atoms with Gasteiger partial charge in [-0.2, -0.15) is 0 Å². The van der Waals surface area contributed by atoms with Crippen molar-refractivity contribution >= 4 is 18.4 Å². The molecular formula is C23H41NO6. The molecule has 2 saturated carbocycles. The molecule has 7 nitrogen and oxygen atoms in total. The fourth-order valence-corrected chi connectivity index (χ4v) is 3.35. The number of allylic oxidation sites excluding steroid dienone is 1. The van der Waals surface area contributed by atoms with E-state index in [0.717, 1.165) is 5.57 Å². The summed E-state index contributed by atoms with van der Waals surface area (Å²) in [7, 11) is 1.50. The normalized spacial score (nSPS) is 24.8. The average Bonchev–Trinajstić information content (AvgIpc) is 3.17. The molecule has 30 heavy (non-hydrogen) atoms. The smallest absolute Gasteiger partial charge is 0.310 e. The van der Waals surface area contributed by atoms with Crippen LogP contribution in [0.1, 0.15) is 68.7 Å². The molecule has 0 amide bonds. The Bertz CT molecular complexity index is 621. The number of carbonyl (C=O) groups excluding carboxylic acids is 3. The Morgan fingerprint density at radius 1 is 0.900 bits per heavy atom. The molecule has 0 radical (unpaired) electrons. The largest absolute Gasteiger partial charge is 0.462 e. The van der Waals surface area contributed by atoms with Gasteiger partial charge in [0.1, 0.15) is 16.8 Å². The van der Waals surface area contributed by atoms with Crippen molar-refractivity contribution in [1.29, 1.82) is 0 Å². The van der Waals surface area contributed by atoms with Crippen molar-refractivity contribution in [1.82, 2.24) is 0 Å². The highest BCUT2D eigenvalue weighted by Gasteiger charge is 2.66. The SMILES string of the molecule is C=C1CC(C(=O)OC(C)(C)C)C2C1C2C(=O)OC(C)(C)C.CC(C)(C)OC=O.CN. The first-order valence-electron chi connectivity index (χ1n) is 10.3. The highest BCUT2D eigenvalue weighted by molar-refractivity contribution is 5.83. The lowest BCUT2D eigenvalue weighted by Crippen LogP contribution is -2.31. The third-order valence-corrected chi connectivity index (χ3v) is 4.28. The zero-order valence-corrected chi connectivity index (χ0v) is 20.3. The van der Waals surface area contributed by atoms with E-state index in [9.17, 15) is 14.4 Å². The highest BCUT2D eigenvalue weighted by Crippen LogP contribution is 2.63. The number of esters is 2. The first-order chi connectivity index (χ1) is 13.5. The molecule has 2 N–H and O–H groups in total. The van der Waals surface area contributed by atoms with E-state index < -0.39 is 11.2 Å². The summed E-state index contributed by atoms with van der Waals surface area (Å²) < 4.78 is 15.5. The van der Waals surface area contributed by atoms with E-state index in [1.165, 1.54) is 7.05 Å². The van der Waals surface area contributed by atoms with Crippen LogP contribution in [0.4, 0.5) is 0 Å². The van der Waals surface area contributed by atoms with Crippen molar-refractivity contribution in [3.63, 3.8) is 0 Å². The topological polar surface area (TPSA) is 105 Å². The quantitative estimate of drug-likeness (QED) is 0.317. The molecule has 2 aliphatic rings. The molecule has 0 aromatic rings. The Morgan fingerprint density at radius 2 is 1.33 bits per heavy atom. The first kappa shape index (κ1) is 28.1. The van der Waals surface area contributed by atoms with E-state index in [0.29, 0.717) is 12.9 Å². The maximum atomic E-state index is 12.3. The van der Waals surface area contributed by atoms with Gasteiger partial charge in [-0.3, -0.25) is 14.4 Å². The summed E-state index contributed by atoms with van der Waals surface area (Å²) in [6.45, 7) is 21.0. The van der Waals surface area contributed by atoms with E-state index in [1.54, 1.807) is 0 Å². The van der Waals surface area contributed by atoms with Gasteiger partial charge in [0.2, 0.25) is 0 Å². The van der Waals surface area contributed by atoms with E-state index >= 15 is 0 Å². The Kier molecular flexibility index (Phi) is 9.77. The molecule has 0 bridgehead atoms. The standard InChI is InChI=1S/C17H26O4.C5H10O2.CH5N/c1-9-8-10(14(18)20-16(2,3)4)12-11(9)13(12)15(19)21-17(5,6)7;1-5(2,3)7-4-6;1-2/h10-13H,1,8H2,2-7H3;4H,1-3H3;2H2,1H3. The average molecular weight is 428 g/mol. The van der Waals surface area contributed by atoms with Crippen LogP contribution in [0.5, 0.6) is 0 Å². The molecule has 0 heterocycles.